The number of pyridine rings is 1. The number of piperazine rings is 1. The molecule has 0 unspecified atom stereocenters. The number of aromatic nitrogens is 1. The molecule has 24 heavy (non-hydrogen) atoms. The highest BCUT2D eigenvalue weighted by Gasteiger charge is 2.21. The minimum Gasteiger partial charge on any atom is -0.368 e. The number of amides is 1. The van der Waals surface area contributed by atoms with Crippen LogP contribution in [-0.4, -0.2) is 41.6 Å². The minimum atomic E-state index is -0.162. The van der Waals surface area contributed by atoms with Crippen molar-refractivity contribution in [2.75, 3.05) is 31.1 Å². The van der Waals surface area contributed by atoms with Crippen LogP contribution in [0.3, 0.4) is 0 Å². The van der Waals surface area contributed by atoms with Crippen molar-refractivity contribution < 1.29 is 4.79 Å². The summed E-state index contributed by atoms with van der Waals surface area (Å²) in [7, 11) is 0. The van der Waals surface area contributed by atoms with E-state index in [9.17, 15) is 9.59 Å². The van der Waals surface area contributed by atoms with Gasteiger partial charge in [0, 0.05) is 48.6 Å². The fourth-order valence-electron chi connectivity index (χ4n) is 2.91. The lowest BCUT2D eigenvalue weighted by Gasteiger charge is -2.36. The van der Waals surface area contributed by atoms with E-state index in [-0.39, 0.29) is 18.0 Å². The fraction of sp³-hybridized carbons (Fsp3) is 0.333. The molecule has 1 aromatic carbocycles. The maximum Gasteiger partial charge on any atom is 0.251 e. The fourth-order valence-corrected chi connectivity index (χ4v) is 3.29. The van der Waals surface area contributed by atoms with Gasteiger partial charge in [-0.15, -0.1) is 0 Å². The average molecular weight is 390 g/mol. The Kier molecular flexibility index (Phi) is 5.04. The molecule has 0 atom stereocenters. The first-order chi connectivity index (χ1) is 11.5. The predicted molar refractivity (Wildman–Crippen MR) is 98.4 cm³/mol. The normalized spacial score (nSPS) is 14.8. The van der Waals surface area contributed by atoms with Gasteiger partial charge in [0.05, 0.1) is 0 Å². The zero-order chi connectivity index (χ0) is 17.1. The summed E-state index contributed by atoms with van der Waals surface area (Å²) in [4.78, 5) is 28.4. The highest BCUT2D eigenvalue weighted by Crippen LogP contribution is 2.18. The first-order valence-corrected chi connectivity index (χ1v) is 8.77. The zero-order valence-corrected chi connectivity index (χ0v) is 15.2. The molecule has 1 aliphatic rings. The highest BCUT2D eigenvalue weighted by molar-refractivity contribution is 9.10. The number of carbonyl (C=O) groups is 1. The molecular weight excluding hydrogens is 370 g/mol. The van der Waals surface area contributed by atoms with Gasteiger partial charge in [0.2, 0.25) is 5.91 Å². The van der Waals surface area contributed by atoms with Crippen LogP contribution in [0.15, 0.2) is 51.9 Å². The van der Waals surface area contributed by atoms with Crippen molar-refractivity contribution in [1.29, 1.82) is 0 Å². The summed E-state index contributed by atoms with van der Waals surface area (Å²) in [5.41, 5.74) is 2.27. The Morgan fingerprint density at radius 1 is 1.12 bits per heavy atom. The van der Waals surface area contributed by atoms with Crippen LogP contribution in [0.5, 0.6) is 0 Å². The van der Waals surface area contributed by atoms with E-state index in [1.165, 1.54) is 21.9 Å². The minimum absolute atomic E-state index is 0.0147. The van der Waals surface area contributed by atoms with Crippen LogP contribution in [0.2, 0.25) is 0 Å². The van der Waals surface area contributed by atoms with Crippen molar-refractivity contribution in [3.63, 3.8) is 0 Å². The Balaban J connectivity index is 1.61. The Morgan fingerprint density at radius 2 is 1.88 bits per heavy atom. The van der Waals surface area contributed by atoms with Gasteiger partial charge < -0.3 is 14.4 Å². The number of aryl methyl sites for hydroxylation is 1. The quantitative estimate of drug-likeness (QED) is 0.808. The monoisotopic (exact) mass is 389 g/mol. The Bertz CT molecular complexity index is 795. The molecule has 1 aliphatic heterocycles. The molecule has 1 saturated heterocycles. The topological polar surface area (TPSA) is 45.5 Å². The number of carbonyl (C=O) groups excluding carboxylic acids is 1. The van der Waals surface area contributed by atoms with E-state index in [2.05, 4.69) is 52.0 Å². The van der Waals surface area contributed by atoms with Crippen LogP contribution < -0.4 is 10.5 Å². The van der Waals surface area contributed by atoms with Crippen molar-refractivity contribution in [1.82, 2.24) is 9.47 Å². The molecule has 2 aromatic rings. The van der Waals surface area contributed by atoms with Gasteiger partial charge in [-0.3, -0.25) is 9.59 Å². The van der Waals surface area contributed by atoms with Gasteiger partial charge in [-0.25, -0.2) is 0 Å². The van der Waals surface area contributed by atoms with Crippen LogP contribution in [-0.2, 0) is 11.3 Å². The maximum atomic E-state index is 12.5. The summed E-state index contributed by atoms with van der Waals surface area (Å²) in [6.45, 7) is 5.14. The van der Waals surface area contributed by atoms with E-state index in [1.54, 1.807) is 12.3 Å². The molecule has 0 aliphatic carbocycles. The molecule has 126 valence electrons. The van der Waals surface area contributed by atoms with E-state index in [1.807, 2.05) is 4.90 Å². The number of halogens is 1. The van der Waals surface area contributed by atoms with Gasteiger partial charge in [-0.05, 0) is 46.6 Å². The number of benzene rings is 1. The highest BCUT2D eigenvalue weighted by atomic mass is 79.9. The van der Waals surface area contributed by atoms with Crippen LogP contribution in [0.1, 0.15) is 5.56 Å². The lowest BCUT2D eigenvalue weighted by Crippen LogP contribution is -2.50. The van der Waals surface area contributed by atoms with Crippen LogP contribution >= 0.6 is 15.9 Å². The lowest BCUT2D eigenvalue weighted by molar-refractivity contribution is -0.132. The SMILES string of the molecule is Cc1cccc(N2CCN(C(=O)Cn3cc(Br)ccc3=O)CC2)c1. The number of nitrogens with zero attached hydrogens (tertiary/aromatic N) is 3. The largest absolute Gasteiger partial charge is 0.368 e. The van der Waals surface area contributed by atoms with E-state index < -0.39 is 0 Å². The third kappa shape index (κ3) is 3.87. The molecule has 1 fully saturated rings. The molecule has 1 aromatic heterocycles. The van der Waals surface area contributed by atoms with E-state index in [0.717, 1.165) is 17.6 Å². The van der Waals surface area contributed by atoms with Crippen molar-refractivity contribution >= 4 is 27.5 Å². The smallest absolute Gasteiger partial charge is 0.251 e. The third-order valence-corrected chi connectivity index (χ3v) is 4.72. The first-order valence-electron chi connectivity index (χ1n) is 7.98. The molecule has 3 rings (SSSR count). The number of rotatable bonds is 3. The van der Waals surface area contributed by atoms with Gasteiger partial charge in [0.15, 0.2) is 0 Å². The molecule has 0 bridgehead atoms. The van der Waals surface area contributed by atoms with Crippen molar-refractivity contribution in [3.05, 3.63) is 63.0 Å². The summed E-state index contributed by atoms with van der Waals surface area (Å²) < 4.78 is 2.23. The van der Waals surface area contributed by atoms with E-state index >= 15 is 0 Å². The molecular formula is C18H20BrN3O2. The van der Waals surface area contributed by atoms with Crippen LogP contribution in [0.25, 0.3) is 0 Å². The summed E-state index contributed by atoms with van der Waals surface area (Å²) in [5.74, 6) is -0.0147. The molecule has 2 heterocycles. The van der Waals surface area contributed by atoms with Crippen LogP contribution in [0.4, 0.5) is 5.69 Å². The third-order valence-electron chi connectivity index (χ3n) is 4.25. The first kappa shape index (κ1) is 16.8. The molecule has 0 saturated carbocycles. The average Bonchev–Trinajstić information content (AvgIpc) is 2.58. The summed E-state index contributed by atoms with van der Waals surface area (Å²) >= 11 is 3.33. The lowest BCUT2D eigenvalue weighted by atomic mass is 10.2. The van der Waals surface area contributed by atoms with Gasteiger partial charge in [-0.2, -0.15) is 0 Å². The predicted octanol–water partition coefficient (Wildman–Crippen LogP) is 2.27. The van der Waals surface area contributed by atoms with Crippen molar-refractivity contribution in [3.8, 4) is 0 Å². The maximum absolute atomic E-state index is 12.5. The standard InChI is InChI=1S/C18H20BrN3O2/c1-14-3-2-4-16(11-14)20-7-9-21(10-8-20)18(24)13-22-12-15(19)5-6-17(22)23/h2-6,11-12H,7-10,13H2,1H3. The number of hydrogen-bond donors (Lipinski definition) is 0. The Hall–Kier alpha value is -2.08. The van der Waals surface area contributed by atoms with Gasteiger partial charge >= 0.3 is 0 Å². The molecule has 6 heteroatoms. The summed E-state index contributed by atoms with van der Waals surface area (Å²) in [5, 5.41) is 0. The summed E-state index contributed by atoms with van der Waals surface area (Å²) in [6, 6.07) is 11.6. The second kappa shape index (κ2) is 7.21. The zero-order valence-electron chi connectivity index (χ0n) is 13.6. The Morgan fingerprint density at radius 3 is 2.58 bits per heavy atom. The van der Waals surface area contributed by atoms with E-state index in [0.29, 0.717) is 13.1 Å². The molecule has 0 N–H and O–H groups in total. The second-order valence-corrected chi connectivity index (χ2v) is 6.94. The van der Waals surface area contributed by atoms with Crippen molar-refractivity contribution in [2.24, 2.45) is 0 Å². The second-order valence-electron chi connectivity index (χ2n) is 6.02. The van der Waals surface area contributed by atoms with Gasteiger partial charge in [-0.1, -0.05) is 12.1 Å². The number of anilines is 1. The summed E-state index contributed by atoms with van der Waals surface area (Å²) in [6.07, 6.45) is 1.66. The van der Waals surface area contributed by atoms with Gasteiger partial charge in [0.1, 0.15) is 6.54 Å². The number of hydrogen-bond acceptors (Lipinski definition) is 3. The van der Waals surface area contributed by atoms with E-state index in [4.69, 9.17) is 0 Å². The molecule has 0 radical (unpaired) electrons. The van der Waals surface area contributed by atoms with Gasteiger partial charge in [0.25, 0.3) is 5.56 Å². The molecule has 5 nitrogen and oxygen atoms in total. The molecule has 1 amide bonds. The Labute approximate surface area is 149 Å². The molecule has 0 spiro atoms. The van der Waals surface area contributed by atoms with Crippen molar-refractivity contribution in [2.45, 2.75) is 13.5 Å². The van der Waals surface area contributed by atoms with Crippen LogP contribution in [0, 0.1) is 6.92 Å².